The standard InChI is InChI=1S/C10H8B2/c1-2-6-10-8-4-3-7(12-8)9(10)5(1)11-6/h1-8H. The fraction of sp³-hybridized carbons (Fsp3) is 0.400. The molecule has 0 aliphatic carbocycles. The van der Waals surface area contributed by atoms with E-state index in [0.29, 0.717) is 23.3 Å². The molecule has 4 atom stereocenters. The summed E-state index contributed by atoms with van der Waals surface area (Å²) < 4.78 is 0. The van der Waals surface area contributed by atoms with Gasteiger partial charge in [-0.3, -0.25) is 0 Å². The maximum Gasteiger partial charge on any atom is 0.139 e. The lowest BCUT2D eigenvalue weighted by Crippen LogP contribution is -2.03. The van der Waals surface area contributed by atoms with Crippen molar-refractivity contribution in [2.24, 2.45) is 0 Å². The van der Waals surface area contributed by atoms with Gasteiger partial charge in [-0.15, -0.1) is 0 Å². The van der Waals surface area contributed by atoms with Crippen LogP contribution < -0.4 is 0 Å². The first-order valence-corrected chi connectivity index (χ1v) is 4.74. The van der Waals surface area contributed by atoms with E-state index in [1.165, 1.54) is 0 Å². The van der Waals surface area contributed by atoms with Gasteiger partial charge >= 0.3 is 0 Å². The molecule has 4 heterocycles. The highest BCUT2D eigenvalue weighted by molar-refractivity contribution is 6.54. The van der Waals surface area contributed by atoms with Gasteiger partial charge < -0.3 is 0 Å². The van der Waals surface area contributed by atoms with E-state index in [1.807, 2.05) is 0 Å². The monoisotopic (exact) mass is 150 g/mol. The number of hydrogen-bond acceptors (Lipinski definition) is 0. The van der Waals surface area contributed by atoms with E-state index in [1.54, 1.807) is 11.1 Å². The Morgan fingerprint density at radius 1 is 0.667 bits per heavy atom. The quantitative estimate of drug-likeness (QED) is 0.365. The lowest BCUT2D eigenvalue weighted by molar-refractivity contribution is 1.02. The van der Waals surface area contributed by atoms with Crippen LogP contribution in [0.1, 0.15) is 0 Å². The van der Waals surface area contributed by atoms with Gasteiger partial charge in [0.25, 0.3) is 0 Å². The topological polar surface area (TPSA) is 0 Å². The van der Waals surface area contributed by atoms with Crippen LogP contribution in [0.3, 0.4) is 0 Å². The Kier molecular flexibility index (Phi) is 0.817. The maximum absolute atomic E-state index is 2.49. The third-order valence-corrected chi connectivity index (χ3v) is 3.65. The molecule has 0 saturated heterocycles. The number of fused-ring (bicyclic) bond motifs is 8. The second kappa shape index (κ2) is 1.66. The summed E-state index contributed by atoms with van der Waals surface area (Å²) >= 11 is 0. The first-order chi connectivity index (χ1) is 5.93. The van der Waals surface area contributed by atoms with E-state index in [9.17, 15) is 0 Å². The highest BCUT2D eigenvalue weighted by atomic mass is 14.4. The largest absolute Gasteiger partial charge is 0.139 e. The fourth-order valence-electron chi connectivity index (χ4n) is 3.23. The van der Waals surface area contributed by atoms with Crippen LogP contribution in [0.15, 0.2) is 35.5 Å². The van der Waals surface area contributed by atoms with Gasteiger partial charge in [-0.2, -0.15) is 0 Å². The zero-order valence-corrected chi connectivity index (χ0v) is 6.77. The van der Waals surface area contributed by atoms with Gasteiger partial charge in [0.2, 0.25) is 0 Å². The molecule has 0 N–H and O–H groups in total. The van der Waals surface area contributed by atoms with Crippen molar-refractivity contribution in [2.45, 2.75) is 23.3 Å². The van der Waals surface area contributed by atoms with E-state index in [0.717, 1.165) is 0 Å². The zero-order chi connectivity index (χ0) is 7.71. The van der Waals surface area contributed by atoms with Crippen molar-refractivity contribution in [3.05, 3.63) is 35.5 Å². The first kappa shape index (κ1) is 5.90. The number of rotatable bonds is 0. The average Bonchev–Trinajstić information content (AvgIpc) is 2.83. The molecule has 4 rings (SSSR count). The van der Waals surface area contributed by atoms with Crippen molar-refractivity contribution in [1.82, 2.24) is 0 Å². The van der Waals surface area contributed by atoms with Gasteiger partial charge in [0.05, 0.1) is 0 Å². The van der Waals surface area contributed by atoms with Crippen molar-refractivity contribution in [2.75, 3.05) is 0 Å². The number of allylic oxidation sites excluding steroid dienone is 6. The van der Waals surface area contributed by atoms with Crippen LogP contribution in [0, 0.1) is 0 Å². The first-order valence-electron chi connectivity index (χ1n) is 4.74. The molecule has 0 aromatic rings. The van der Waals surface area contributed by atoms with Gasteiger partial charge in [0.15, 0.2) is 0 Å². The molecule has 2 heteroatoms. The molecule has 0 aromatic carbocycles. The van der Waals surface area contributed by atoms with Crippen molar-refractivity contribution in [1.29, 1.82) is 0 Å². The summed E-state index contributed by atoms with van der Waals surface area (Å²) in [7, 11) is 4.98. The summed E-state index contributed by atoms with van der Waals surface area (Å²) in [6, 6.07) is 0. The van der Waals surface area contributed by atoms with Crippen molar-refractivity contribution in [3.8, 4) is 0 Å². The second-order valence-corrected chi connectivity index (χ2v) is 4.17. The van der Waals surface area contributed by atoms with Crippen molar-refractivity contribution in [3.63, 3.8) is 0 Å². The summed E-state index contributed by atoms with van der Waals surface area (Å²) in [6.45, 7) is 0. The lowest BCUT2D eigenvalue weighted by atomic mass is 9.52. The van der Waals surface area contributed by atoms with Crippen LogP contribution in [0.25, 0.3) is 0 Å². The Labute approximate surface area is 73.9 Å². The number of hydrogen-bond donors (Lipinski definition) is 0. The third kappa shape index (κ3) is 0.467. The van der Waals surface area contributed by atoms with Gasteiger partial charge in [-0.25, -0.2) is 0 Å². The van der Waals surface area contributed by atoms with Crippen LogP contribution in [0.4, 0.5) is 0 Å². The lowest BCUT2D eigenvalue weighted by Gasteiger charge is -2.18. The Hall–Kier alpha value is -0.650. The predicted octanol–water partition coefficient (Wildman–Crippen LogP) is 2.01. The molecule has 4 aliphatic rings. The Morgan fingerprint density at radius 3 is 1.33 bits per heavy atom. The van der Waals surface area contributed by atoms with E-state index in [-0.39, 0.29) is 0 Å². The minimum Gasteiger partial charge on any atom is -0.0895 e. The molecule has 54 valence electrons. The van der Waals surface area contributed by atoms with Gasteiger partial charge in [0, 0.05) is 0 Å². The molecule has 4 aliphatic heterocycles. The molecule has 0 spiro atoms. The van der Waals surface area contributed by atoms with Crippen molar-refractivity contribution >= 4 is 14.6 Å². The van der Waals surface area contributed by atoms with E-state index in [2.05, 4.69) is 38.9 Å². The smallest absolute Gasteiger partial charge is 0.0895 e. The SMILES string of the molecule is [B]1C2C=CC1C1=C2C2[B]C1C=C2. The summed E-state index contributed by atoms with van der Waals surface area (Å²) in [5.74, 6) is 2.78. The molecule has 0 aromatic heterocycles. The molecule has 0 fully saturated rings. The molecular weight excluding hydrogens is 142 g/mol. The normalized spacial score (nSPS) is 50.0. The second-order valence-electron chi connectivity index (χ2n) is 4.17. The molecule has 12 heavy (non-hydrogen) atoms. The molecule has 0 saturated carbocycles. The van der Waals surface area contributed by atoms with Gasteiger partial charge in [-0.05, 0) is 23.3 Å². The molecular formula is C10H8B2. The highest BCUT2D eigenvalue weighted by Gasteiger charge is 2.47. The van der Waals surface area contributed by atoms with Crippen LogP contribution in [0.2, 0.25) is 23.3 Å². The third-order valence-electron chi connectivity index (χ3n) is 3.65. The van der Waals surface area contributed by atoms with Crippen molar-refractivity contribution < 1.29 is 0 Å². The molecule has 4 bridgehead atoms. The van der Waals surface area contributed by atoms with E-state index >= 15 is 0 Å². The fourth-order valence-corrected chi connectivity index (χ4v) is 3.23. The van der Waals surface area contributed by atoms with Crippen LogP contribution in [0.5, 0.6) is 0 Å². The van der Waals surface area contributed by atoms with Crippen LogP contribution in [-0.4, -0.2) is 14.6 Å². The minimum atomic E-state index is 0.696. The van der Waals surface area contributed by atoms with E-state index < -0.39 is 0 Å². The average molecular weight is 150 g/mol. The zero-order valence-electron chi connectivity index (χ0n) is 6.77. The molecule has 0 nitrogen and oxygen atoms in total. The molecule has 2 radical (unpaired) electrons. The maximum atomic E-state index is 2.49. The summed E-state index contributed by atoms with van der Waals surface area (Å²) in [6.07, 6.45) is 9.47. The predicted molar refractivity (Wildman–Crippen MR) is 51.8 cm³/mol. The Balaban J connectivity index is 1.93. The van der Waals surface area contributed by atoms with Gasteiger partial charge in [0.1, 0.15) is 14.6 Å². The summed E-state index contributed by atoms with van der Waals surface area (Å²) in [4.78, 5) is 0. The molecule has 4 unspecified atom stereocenters. The minimum absolute atomic E-state index is 0.696. The summed E-state index contributed by atoms with van der Waals surface area (Å²) in [5.41, 5.74) is 3.44. The van der Waals surface area contributed by atoms with Crippen LogP contribution >= 0.6 is 0 Å². The Morgan fingerprint density at radius 2 is 1.00 bits per heavy atom. The molecule has 0 amide bonds. The Bertz CT molecular complexity index is 289. The summed E-state index contributed by atoms with van der Waals surface area (Å²) in [5, 5.41) is 0. The highest BCUT2D eigenvalue weighted by Crippen LogP contribution is 2.61. The van der Waals surface area contributed by atoms with E-state index in [4.69, 9.17) is 0 Å². The van der Waals surface area contributed by atoms with Crippen LogP contribution in [-0.2, 0) is 0 Å². The van der Waals surface area contributed by atoms with Gasteiger partial charge in [-0.1, -0.05) is 35.5 Å².